The second-order valence-electron chi connectivity index (χ2n) is 19.4. The standard InChI is InChI=1S/C43H64O3/c1-19-43(17,18)27-24-32(42(14,15)16)37(46)34(26-22-30(40(8,9)10)36(45)31(23-26)41(11,12)13)33(27)25-20-28(38(2,3)4)35(44)29(21-25)39(5,6)7/h20-24,44-46H,19H2,1-18H3. The van der Waals surface area contributed by atoms with Gasteiger partial charge < -0.3 is 15.3 Å². The topological polar surface area (TPSA) is 60.7 Å². The molecule has 0 heterocycles. The van der Waals surface area contributed by atoms with Crippen LogP contribution in [0.25, 0.3) is 22.3 Å². The van der Waals surface area contributed by atoms with Gasteiger partial charge in [-0.15, -0.1) is 0 Å². The van der Waals surface area contributed by atoms with E-state index >= 15 is 0 Å². The molecule has 3 N–H and O–H groups in total. The van der Waals surface area contributed by atoms with Crippen molar-refractivity contribution in [2.24, 2.45) is 0 Å². The molecule has 46 heavy (non-hydrogen) atoms. The lowest BCUT2D eigenvalue weighted by Gasteiger charge is -2.35. The lowest BCUT2D eigenvalue weighted by molar-refractivity contribution is 0.422. The number of benzene rings is 3. The van der Waals surface area contributed by atoms with Gasteiger partial charge in [-0.25, -0.2) is 0 Å². The number of phenols is 3. The summed E-state index contributed by atoms with van der Waals surface area (Å²) in [6.45, 7) is 38.9. The highest BCUT2D eigenvalue weighted by atomic mass is 16.3. The molecule has 254 valence electrons. The van der Waals surface area contributed by atoms with Gasteiger partial charge in [0, 0.05) is 33.4 Å². The maximum absolute atomic E-state index is 12.5. The van der Waals surface area contributed by atoms with Gasteiger partial charge in [0.2, 0.25) is 0 Å². The van der Waals surface area contributed by atoms with E-state index in [1.165, 1.54) is 5.56 Å². The van der Waals surface area contributed by atoms with E-state index in [4.69, 9.17) is 0 Å². The summed E-state index contributed by atoms with van der Waals surface area (Å²) in [5.74, 6) is 0.929. The van der Waals surface area contributed by atoms with Crippen LogP contribution >= 0.6 is 0 Å². The molecule has 0 spiro atoms. The second kappa shape index (κ2) is 11.6. The van der Waals surface area contributed by atoms with E-state index in [9.17, 15) is 15.3 Å². The van der Waals surface area contributed by atoms with Gasteiger partial charge in [0.25, 0.3) is 0 Å². The van der Waals surface area contributed by atoms with E-state index < -0.39 is 0 Å². The predicted molar refractivity (Wildman–Crippen MR) is 199 cm³/mol. The van der Waals surface area contributed by atoms with E-state index in [2.05, 4.69) is 155 Å². The first-order valence-electron chi connectivity index (χ1n) is 17.1. The summed E-state index contributed by atoms with van der Waals surface area (Å²) >= 11 is 0. The van der Waals surface area contributed by atoms with Crippen LogP contribution in [0.3, 0.4) is 0 Å². The fourth-order valence-electron chi connectivity index (χ4n) is 6.39. The molecular formula is C43H64O3. The van der Waals surface area contributed by atoms with Gasteiger partial charge in [-0.3, -0.25) is 0 Å². The minimum absolute atomic E-state index is 0.226. The number of hydrogen-bond acceptors (Lipinski definition) is 3. The molecule has 3 rings (SSSR count). The summed E-state index contributed by atoms with van der Waals surface area (Å²) in [7, 11) is 0. The van der Waals surface area contributed by atoms with Crippen LogP contribution in [-0.4, -0.2) is 15.3 Å². The van der Waals surface area contributed by atoms with Gasteiger partial charge in [0.05, 0.1) is 0 Å². The molecule has 3 heteroatoms. The fraction of sp³-hybridized carbons (Fsp3) is 0.581. The Balaban J connectivity index is 2.84. The van der Waals surface area contributed by atoms with Crippen molar-refractivity contribution in [3.8, 4) is 39.5 Å². The minimum Gasteiger partial charge on any atom is -0.507 e. The van der Waals surface area contributed by atoms with Crippen molar-refractivity contribution >= 4 is 0 Å². The number of phenolic OH excluding ortho intramolecular Hbond substituents is 3. The minimum atomic E-state index is -0.333. The molecule has 0 saturated heterocycles. The van der Waals surface area contributed by atoms with Gasteiger partial charge in [0.1, 0.15) is 17.2 Å². The fourth-order valence-corrected chi connectivity index (χ4v) is 6.39. The van der Waals surface area contributed by atoms with Crippen molar-refractivity contribution in [1.29, 1.82) is 0 Å². The molecule has 0 aliphatic rings. The van der Waals surface area contributed by atoms with Crippen LogP contribution in [0.2, 0.25) is 0 Å². The zero-order chi connectivity index (χ0) is 35.7. The monoisotopic (exact) mass is 628 g/mol. The van der Waals surface area contributed by atoms with Crippen LogP contribution in [0.1, 0.15) is 164 Å². The van der Waals surface area contributed by atoms with Crippen LogP contribution < -0.4 is 0 Å². The molecule has 0 aromatic heterocycles. The molecule has 3 nitrogen and oxygen atoms in total. The summed E-state index contributed by atoms with van der Waals surface area (Å²) in [6.07, 6.45) is 0.903. The van der Waals surface area contributed by atoms with Gasteiger partial charge in [-0.1, -0.05) is 131 Å². The Hall–Kier alpha value is -2.94. The number of rotatable bonds is 4. The Kier molecular flexibility index (Phi) is 9.49. The van der Waals surface area contributed by atoms with Gasteiger partial charge in [0.15, 0.2) is 0 Å². The molecule has 0 bridgehead atoms. The Morgan fingerprint density at radius 3 is 0.891 bits per heavy atom. The third-order valence-electron chi connectivity index (χ3n) is 9.75. The van der Waals surface area contributed by atoms with Gasteiger partial charge in [-0.2, -0.15) is 0 Å². The van der Waals surface area contributed by atoms with Crippen molar-refractivity contribution in [1.82, 2.24) is 0 Å². The van der Waals surface area contributed by atoms with Crippen LogP contribution in [0, 0.1) is 0 Å². The Labute approximate surface area is 281 Å². The summed E-state index contributed by atoms with van der Waals surface area (Å²) in [6, 6.07) is 10.7. The Morgan fingerprint density at radius 2 is 0.630 bits per heavy atom. The van der Waals surface area contributed by atoms with Crippen molar-refractivity contribution < 1.29 is 15.3 Å². The molecule has 0 radical (unpaired) electrons. The van der Waals surface area contributed by atoms with Crippen molar-refractivity contribution in [3.05, 3.63) is 63.7 Å². The average molecular weight is 629 g/mol. The molecule has 0 aliphatic heterocycles. The molecule has 0 atom stereocenters. The lowest BCUT2D eigenvalue weighted by Crippen LogP contribution is -2.22. The maximum atomic E-state index is 12.5. The molecule has 0 aliphatic carbocycles. The highest BCUT2D eigenvalue weighted by Gasteiger charge is 2.35. The van der Waals surface area contributed by atoms with E-state index in [0.717, 1.165) is 56.5 Å². The van der Waals surface area contributed by atoms with Crippen LogP contribution in [0.5, 0.6) is 17.2 Å². The predicted octanol–water partition coefficient (Wildman–Crippen LogP) is 12.3. The van der Waals surface area contributed by atoms with Crippen LogP contribution in [0.4, 0.5) is 0 Å². The second-order valence-corrected chi connectivity index (χ2v) is 19.4. The average Bonchev–Trinajstić information content (AvgIpc) is 2.85. The Morgan fingerprint density at radius 1 is 0.370 bits per heavy atom. The van der Waals surface area contributed by atoms with Crippen molar-refractivity contribution in [2.75, 3.05) is 0 Å². The van der Waals surface area contributed by atoms with Gasteiger partial charge >= 0.3 is 0 Å². The van der Waals surface area contributed by atoms with Crippen LogP contribution in [-0.2, 0) is 32.5 Å². The van der Waals surface area contributed by atoms with Crippen molar-refractivity contribution in [3.63, 3.8) is 0 Å². The van der Waals surface area contributed by atoms with Crippen molar-refractivity contribution in [2.45, 2.75) is 164 Å². The number of aromatic hydroxyl groups is 3. The molecular weight excluding hydrogens is 564 g/mol. The molecule has 0 amide bonds. The zero-order valence-corrected chi connectivity index (χ0v) is 32.4. The SMILES string of the molecule is CCC(C)(C)c1cc(C(C)(C)C)c(O)c(-c2cc(C(C)(C)C)c(O)c(C(C)(C)C)c2)c1-c1cc(C(C)(C)C)c(O)c(C(C)(C)C)c1. The summed E-state index contributed by atoms with van der Waals surface area (Å²) < 4.78 is 0. The Bertz CT molecular complexity index is 1550. The summed E-state index contributed by atoms with van der Waals surface area (Å²) in [5.41, 5.74) is 7.35. The maximum Gasteiger partial charge on any atom is 0.127 e. The molecule has 0 fully saturated rings. The molecule has 0 unspecified atom stereocenters. The first-order chi connectivity index (χ1) is 20.4. The number of hydrogen-bond donors (Lipinski definition) is 3. The highest BCUT2D eigenvalue weighted by Crippen LogP contribution is 2.54. The first-order valence-corrected chi connectivity index (χ1v) is 17.1. The first kappa shape index (κ1) is 37.5. The van der Waals surface area contributed by atoms with E-state index in [-0.39, 0.29) is 38.2 Å². The quantitative estimate of drug-likeness (QED) is 0.269. The lowest BCUT2D eigenvalue weighted by atomic mass is 9.70. The zero-order valence-electron chi connectivity index (χ0n) is 32.4. The highest BCUT2D eigenvalue weighted by molar-refractivity contribution is 5.93. The molecule has 0 saturated carbocycles. The van der Waals surface area contributed by atoms with E-state index in [1.807, 2.05) is 0 Å². The molecule has 3 aromatic carbocycles. The smallest absolute Gasteiger partial charge is 0.127 e. The molecule has 3 aromatic rings. The summed E-state index contributed by atoms with van der Waals surface area (Å²) in [5, 5.41) is 35.9. The largest absolute Gasteiger partial charge is 0.507 e. The third-order valence-corrected chi connectivity index (χ3v) is 9.75. The van der Waals surface area contributed by atoms with E-state index in [1.54, 1.807) is 0 Å². The normalized spacial score (nSPS) is 13.8. The third kappa shape index (κ3) is 7.14. The van der Waals surface area contributed by atoms with E-state index in [0.29, 0.717) is 11.5 Å². The van der Waals surface area contributed by atoms with Crippen LogP contribution in [0.15, 0.2) is 30.3 Å². The summed E-state index contributed by atoms with van der Waals surface area (Å²) in [4.78, 5) is 0. The van der Waals surface area contributed by atoms with Gasteiger partial charge in [-0.05, 0) is 85.4 Å².